The largest absolute Gasteiger partial charge is 0.452 e. The van der Waals surface area contributed by atoms with Crippen molar-refractivity contribution in [1.29, 1.82) is 0 Å². The molecule has 28 heavy (non-hydrogen) atoms. The number of nitrogens with zero attached hydrogens (tertiary/aromatic N) is 1. The lowest BCUT2D eigenvalue weighted by atomic mass is 10.2. The SMILES string of the molecule is CCNC(=O)c1cccc(NC(=O)COC(=O)c2ccc([N+](=O)[O-])cc2Cl)c1. The van der Waals surface area contributed by atoms with Crippen LogP contribution in [0.1, 0.15) is 27.6 Å². The molecular weight excluding hydrogens is 390 g/mol. The van der Waals surface area contributed by atoms with E-state index in [2.05, 4.69) is 10.6 Å². The Balaban J connectivity index is 1.95. The van der Waals surface area contributed by atoms with Gasteiger partial charge in [0.05, 0.1) is 15.5 Å². The number of carbonyl (C=O) groups excluding carboxylic acids is 3. The predicted molar refractivity (Wildman–Crippen MR) is 101 cm³/mol. The molecule has 0 aliphatic heterocycles. The van der Waals surface area contributed by atoms with Gasteiger partial charge in [-0.2, -0.15) is 0 Å². The molecule has 2 amide bonds. The fraction of sp³-hybridized carbons (Fsp3) is 0.167. The number of nitro groups is 1. The van der Waals surface area contributed by atoms with Gasteiger partial charge in [-0.05, 0) is 31.2 Å². The Kier molecular flexibility index (Phi) is 7.05. The molecule has 0 aliphatic carbocycles. The molecule has 146 valence electrons. The first kappa shape index (κ1) is 20.8. The molecule has 2 aromatic rings. The minimum atomic E-state index is -0.897. The number of non-ortho nitro benzene ring substituents is 1. The summed E-state index contributed by atoms with van der Waals surface area (Å²) in [5, 5.41) is 15.7. The predicted octanol–water partition coefficient (Wildman–Crippen LogP) is 2.79. The highest BCUT2D eigenvalue weighted by molar-refractivity contribution is 6.33. The maximum atomic E-state index is 12.0. The lowest BCUT2D eigenvalue weighted by Gasteiger charge is -2.09. The van der Waals surface area contributed by atoms with Crippen LogP contribution in [-0.2, 0) is 9.53 Å². The van der Waals surface area contributed by atoms with Crippen molar-refractivity contribution in [3.63, 3.8) is 0 Å². The van der Waals surface area contributed by atoms with Gasteiger partial charge in [0.2, 0.25) is 0 Å². The minimum absolute atomic E-state index is 0.0988. The third-order valence-corrected chi connectivity index (χ3v) is 3.78. The summed E-state index contributed by atoms with van der Waals surface area (Å²) in [6.07, 6.45) is 0. The molecule has 0 saturated carbocycles. The summed E-state index contributed by atoms with van der Waals surface area (Å²) in [7, 11) is 0. The van der Waals surface area contributed by atoms with Crippen LogP contribution in [-0.4, -0.2) is 35.9 Å². The number of hydrogen-bond donors (Lipinski definition) is 2. The fourth-order valence-corrected chi connectivity index (χ4v) is 2.44. The van der Waals surface area contributed by atoms with Crippen LogP contribution in [0.15, 0.2) is 42.5 Å². The normalized spacial score (nSPS) is 10.1. The van der Waals surface area contributed by atoms with E-state index in [1.165, 1.54) is 6.07 Å². The van der Waals surface area contributed by atoms with Crippen LogP contribution in [0, 0.1) is 10.1 Å². The molecule has 9 nitrogen and oxygen atoms in total. The highest BCUT2D eigenvalue weighted by atomic mass is 35.5. The number of benzene rings is 2. The van der Waals surface area contributed by atoms with E-state index < -0.39 is 23.4 Å². The number of nitrogens with one attached hydrogen (secondary N) is 2. The summed E-state index contributed by atoms with van der Waals surface area (Å²) in [4.78, 5) is 45.8. The summed E-state index contributed by atoms with van der Waals surface area (Å²) >= 11 is 5.84. The minimum Gasteiger partial charge on any atom is -0.452 e. The van der Waals surface area contributed by atoms with Crippen molar-refractivity contribution in [3.05, 3.63) is 68.7 Å². The first-order valence-electron chi connectivity index (χ1n) is 8.11. The fourth-order valence-electron chi connectivity index (χ4n) is 2.19. The smallest absolute Gasteiger partial charge is 0.340 e. The van der Waals surface area contributed by atoms with Crippen LogP contribution in [0.25, 0.3) is 0 Å². The van der Waals surface area contributed by atoms with Crippen LogP contribution in [0.3, 0.4) is 0 Å². The van der Waals surface area contributed by atoms with Crippen molar-refractivity contribution in [3.8, 4) is 0 Å². The first-order valence-corrected chi connectivity index (χ1v) is 8.48. The third kappa shape index (κ3) is 5.52. The van der Waals surface area contributed by atoms with E-state index >= 15 is 0 Å². The number of amides is 2. The third-order valence-electron chi connectivity index (χ3n) is 3.46. The Hall–Kier alpha value is -3.46. The molecule has 0 saturated heterocycles. The van der Waals surface area contributed by atoms with Gasteiger partial charge < -0.3 is 15.4 Å². The molecule has 0 heterocycles. The van der Waals surface area contributed by atoms with Gasteiger partial charge in [0.25, 0.3) is 17.5 Å². The second kappa shape index (κ2) is 9.47. The number of rotatable bonds is 7. The summed E-state index contributed by atoms with van der Waals surface area (Å²) in [5.74, 6) is -1.80. The standard InChI is InChI=1S/C18H16ClN3O6/c1-2-20-17(24)11-4-3-5-12(8-11)21-16(23)10-28-18(25)14-7-6-13(22(26)27)9-15(14)19/h3-9H,2,10H2,1H3,(H,20,24)(H,21,23). The zero-order valence-electron chi connectivity index (χ0n) is 14.7. The molecule has 0 bridgehead atoms. The van der Waals surface area contributed by atoms with E-state index in [0.29, 0.717) is 17.8 Å². The van der Waals surface area contributed by atoms with Crippen LogP contribution < -0.4 is 10.6 Å². The molecule has 0 fully saturated rings. The van der Waals surface area contributed by atoms with Gasteiger partial charge in [0.1, 0.15) is 0 Å². The number of carbonyl (C=O) groups is 3. The highest BCUT2D eigenvalue weighted by Crippen LogP contribution is 2.23. The molecule has 2 aromatic carbocycles. The lowest BCUT2D eigenvalue weighted by Crippen LogP contribution is -2.23. The first-order chi connectivity index (χ1) is 13.3. The van der Waals surface area contributed by atoms with Crippen LogP contribution in [0.4, 0.5) is 11.4 Å². The van der Waals surface area contributed by atoms with Gasteiger partial charge in [-0.15, -0.1) is 0 Å². The summed E-state index contributed by atoms with van der Waals surface area (Å²) < 4.78 is 4.87. The maximum absolute atomic E-state index is 12.0. The number of halogens is 1. The van der Waals surface area contributed by atoms with Gasteiger partial charge in [-0.1, -0.05) is 17.7 Å². The van der Waals surface area contributed by atoms with Crippen molar-refractivity contribution >= 4 is 40.8 Å². The van der Waals surface area contributed by atoms with Crippen LogP contribution in [0.5, 0.6) is 0 Å². The molecule has 0 aromatic heterocycles. The molecule has 10 heteroatoms. The van der Waals surface area contributed by atoms with Crippen molar-refractivity contribution < 1.29 is 24.0 Å². The van der Waals surface area contributed by atoms with E-state index in [0.717, 1.165) is 18.2 Å². The topological polar surface area (TPSA) is 128 Å². The second-order valence-electron chi connectivity index (χ2n) is 5.49. The van der Waals surface area contributed by atoms with Crippen LogP contribution in [0.2, 0.25) is 5.02 Å². The number of esters is 1. The monoisotopic (exact) mass is 405 g/mol. The molecule has 2 N–H and O–H groups in total. The van der Waals surface area contributed by atoms with Gasteiger partial charge in [0.15, 0.2) is 6.61 Å². The molecule has 2 rings (SSSR count). The number of anilines is 1. The van der Waals surface area contributed by atoms with Crippen molar-refractivity contribution in [2.75, 3.05) is 18.5 Å². The van der Waals surface area contributed by atoms with Gasteiger partial charge >= 0.3 is 5.97 Å². The highest BCUT2D eigenvalue weighted by Gasteiger charge is 2.17. The lowest BCUT2D eigenvalue weighted by molar-refractivity contribution is -0.384. The van der Waals surface area contributed by atoms with E-state index in [4.69, 9.17) is 16.3 Å². The molecule has 0 radical (unpaired) electrons. The molecule has 0 unspecified atom stereocenters. The van der Waals surface area contributed by atoms with E-state index in [1.54, 1.807) is 25.1 Å². The summed E-state index contributed by atoms with van der Waals surface area (Å²) in [6, 6.07) is 9.53. The summed E-state index contributed by atoms with van der Waals surface area (Å²) in [5.41, 5.74) is 0.358. The van der Waals surface area contributed by atoms with Crippen molar-refractivity contribution in [2.45, 2.75) is 6.92 Å². The van der Waals surface area contributed by atoms with Gasteiger partial charge in [0, 0.05) is 29.9 Å². The Bertz CT molecular complexity index is 931. The molecule has 0 spiro atoms. The zero-order chi connectivity index (χ0) is 20.7. The van der Waals surface area contributed by atoms with E-state index in [9.17, 15) is 24.5 Å². The molecular formula is C18H16ClN3O6. The number of ether oxygens (including phenoxy) is 1. The quantitative estimate of drug-likeness (QED) is 0.414. The van der Waals surface area contributed by atoms with E-state index in [1.807, 2.05) is 0 Å². The zero-order valence-corrected chi connectivity index (χ0v) is 15.5. The number of hydrogen-bond acceptors (Lipinski definition) is 6. The Morgan fingerprint density at radius 3 is 2.57 bits per heavy atom. The average Bonchev–Trinajstić information content (AvgIpc) is 2.66. The molecule has 0 atom stereocenters. The summed E-state index contributed by atoms with van der Waals surface area (Å²) in [6.45, 7) is 1.66. The van der Waals surface area contributed by atoms with E-state index in [-0.39, 0.29) is 22.2 Å². The average molecular weight is 406 g/mol. The van der Waals surface area contributed by atoms with Gasteiger partial charge in [-0.3, -0.25) is 19.7 Å². The molecule has 0 aliphatic rings. The Morgan fingerprint density at radius 1 is 1.18 bits per heavy atom. The maximum Gasteiger partial charge on any atom is 0.340 e. The van der Waals surface area contributed by atoms with Crippen molar-refractivity contribution in [2.24, 2.45) is 0 Å². The van der Waals surface area contributed by atoms with Crippen LogP contribution >= 0.6 is 11.6 Å². The van der Waals surface area contributed by atoms with Crippen molar-refractivity contribution in [1.82, 2.24) is 5.32 Å². The second-order valence-corrected chi connectivity index (χ2v) is 5.89. The Morgan fingerprint density at radius 2 is 1.93 bits per heavy atom. The number of nitro benzene ring substituents is 1. The van der Waals surface area contributed by atoms with Gasteiger partial charge in [-0.25, -0.2) is 4.79 Å². The Labute approximate surface area is 164 Å².